The Bertz CT molecular complexity index is 715. The molecular weight excluding hydrogens is 429 g/mol. The second-order valence-electron chi connectivity index (χ2n) is 10.9. The van der Waals surface area contributed by atoms with Crippen LogP contribution in [0.1, 0.15) is 93.9 Å². The zero-order chi connectivity index (χ0) is 25.4. The number of amides is 1. The first-order chi connectivity index (χ1) is 15.1. The Morgan fingerprint density at radius 1 is 0.970 bits per heavy atom. The Hall–Kier alpha value is -2.12. The molecule has 0 radical (unpaired) electrons. The van der Waals surface area contributed by atoms with Crippen LogP contribution in [-0.4, -0.2) is 47.6 Å². The van der Waals surface area contributed by atoms with Crippen LogP contribution in [0.2, 0.25) is 0 Å². The summed E-state index contributed by atoms with van der Waals surface area (Å²) in [6, 6.07) is -1.15. The minimum atomic E-state index is -1.15. The molecule has 1 aliphatic rings. The van der Waals surface area contributed by atoms with E-state index in [2.05, 4.69) is 5.32 Å². The summed E-state index contributed by atoms with van der Waals surface area (Å²) >= 11 is 0. The van der Waals surface area contributed by atoms with Crippen LogP contribution in [0, 0.1) is 5.92 Å². The molecule has 3 atom stereocenters. The number of hydrogen-bond acceptors (Lipinski definition) is 6. The number of esters is 2. The van der Waals surface area contributed by atoms with E-state index < -0.39 is 53.5 Å². The standard InChI is InChI=1S/C25H42FNO6/c1-9-25(8,16-17-12-13-17)32-20(28)18(11-10-14-26)15-19(21(29)31-23(2,3)4)27-22(30)33-24(5,6)7/h16,18-19H,9-15H2,1-8H3,(H,27,30). The molecular formula is C25H42FNO6. The van der Waals surface area contributed by atoms with Crippen LogP contribution in [0.15, 0.2) is 11.6 Å². The molecule has 1 rings (SSSR count). The monoisotopic (exact) mass is 471 g/mol. The van der Waals surface area contributed by atoms with Crippen molar-refractivity contribution in [3.05, 3.63) is 11.6 Å². The number of nitrogens with one attached hydrogen (secondary N) is 1. The molecule has 7 nitrogen and oxygen atoms in total. The quantitative estimate of drug-likeness (QED) is 0.246. The van der Waals surface area contributed by atoms with Crippen molar-refractivity contribution in [2.24, 2.45) is 5.92 Å². The van der Waals surface area contributed by atoms with Crippen LogP contribution in [0.25, 0.3) is 0 Å². The van der Waals surface area contributed by atoms with Crippen LogP contribution < -0.4 is 5.32 Å². The van der Waals surface area contributed by atoms with Gasteiger partial charge in [-0.25, -0.2) is 9.59 Å². The Morgan fingerprint density at radius 3 is 2.00 bits per heavy atom. The normalized spacial score (nSPS) is 17.3. The molecule has 0 bridgehead atoms. The zero-order valence-corrected chi connectivity index (χ0v) is 21.5. The second kappa shape index (κ2) is 11.8. The predicted octanol–water partition coefficient (Wildman–Crippen LogP) is 5.41. The fraction of sp³-hybridized carbons (Fsp3) is 0.800. The SMILES string of the molecule is CCC(C)(C=C1CC1)OC(=O)C(CCCF)CC(NC(=O)OC(C)(C)C)C(=O)OC(C)(C)C. The fourth-order valence-corrected chi connectivity index (χ4v) is 3.14. The van der Waals surface area contributed by atoms with Gasteiger partial charge in [-0.05, 0) is 93.1 Å². The lowest BCUT2D eigenvalue weighted by Gasteiger charge is -2.30. The van der Waals surface area contributed by atoms with Gasteiger partial charge in [0.2, 0.25) is 0 Å². The molecule has 0 heterocycles. The maximum absolute atomic E-state index is 13.1. The summed E-state index contributed by atoms with van der Waals surface area (Å²) in [4.78, 5) is 38.4. The van der Waals surface area contributed by atoms with E-state index in [4.69, 9.17) is 14.2 Å². The van der Waals surface area contributed by atoms with Gasteiger partial charge in [-0.3, -0.25) is 9.18 Å². The first kappa shape index (κ1) is 28.9. The molecule has 0 aromatic carbocycles. The lowest BCUT2D eigenvalue weighted by Crippen LogP contribution is -2.48. The van der Waals surface area contributed by atoms with E-state index in [1.165, 1.54) is 5.57 Å². The van der Waals surface area contributed by atoms with Crippen LogP contribution in [-0.2, 0) is 23.8 Å². The molecule has 190 valence electrons. The Morgan fingerprint density at radius 2 is 1.55 bits per heavy atom. The molecule has 8 heteroatoms. The summed E-state index contributed by atoms with van der Waals surface area (Å²) < 4.78 is 29.5. The van der Waals surface area contributed by atoms with Gasteiger partial charge in [-0.2, -0.15) is 0 Å². The first-order valence-electron chi connectivity index (χ1n) is 11.8. The molecule has 0 aromatic heterocycles. The molecule has 1 aliphatic carbocycles. The van der Waals surface area contributed by atoms with E-state index in [1.807, 2.05) is 19.9 Å². The largest absolute Gasteiger partial charge is 0.458 e. The number of carbonyl (C=O) groups excluding carboxylic acids is 3. The number of ether oxygens (including phenoxy) is 3. The molecule has 0 aliphatic heterocycles. The van der Waals surface area contributed by atoms with Crippen molar-refractivity contribution in [2.45, 2.75) is 117 Å². The topological polar surface area (TPSA) is 90.9 Å². The van der Waals surface area contributed by atoms with Crippen molar-refractivity contribution in [2.75, 3.05) is 6.67 Å². The molecule has 0 spiro atoms. The van der Waals surface area contributed by atoms with Crippen molar-refractivity contribution in [3.8, 4) is 0 Å². The molecule has 33 heavy (non-hydrogen) atoms. The molecule has 0 aromatic rings. The van der Waals surface area contributed by atoms with Crippen molar-refractivity contribution in [1.29, 1.82) is 0 Å². The number of halogens is 1. The number of carbonyl (C=O) groups is 3. The summed E-state index contributed by atoms with van der Waals surface area (Å²) in [6.45, 7) is 13.4. The Kier molecular flexibility index (Phi) is 10.4. The Balaban J connectivity index is 3.07. The van der Waals surface area contributed by atoms with Crippen molar-refractivity contribution >= 4 is 18.0 Å². The van der Waals surface area contributed by atoms with Crippen molar-refractivity contribution in [1.82, 2.24) is 5.32 Å². The van der Waals surface area contributed by atoms with Crippen LogP contribution in [0.4, 0.5) is 9.18 Å². The van der Waals surface area contributed by atoms with Crippen LogP contribution >= 0.6 is 0 Å². The highest BCUT2D eigenvalue weighted by Crippen LogP contribution is 2.33. The third-order valence-corrected chi connectivity index (χ3v) is 5.01. The van der Waals surface area contributed by atoms with Gasteiger partial charge in [0.15, 0.2) is 0 Å². The smallest absolute Gasteiger partial charge is 0.408 e. The predicted molar refractivity (Wildman–Crippen MR) is 124 cm³/mol. The van der Waals surface area contributed by atoms with Gasteiger partial charge in [-0.15, -0.1) is 0 Å². The van der Waals surface area contributed by atoms with E-state index in [0.29, 0.717) is 6.42 Å². The molecule has 1 saturated carbocycles. The molecule has 1 N–H and O–H groups in total. The number of hydrogen-bond donors (Lipinski definition) is 1. The second-order valence-corrected chi connectivity index (χ2v) is 10.9. The van der Waals surface area contributed by atoms with E-state index >= 15 is 0 Å². The molecule has 1 fully saturated rings. The number of alkyl halides is 1. The fourth-order valence-electron chi connectivity index (χ4n) is 3.14. The number of allylic oxidation sites excluding steroid dienone is 1. The summed E-state index contributed by atoms with van der Waals surface area (Å²) in [5.74, 6) is -2.01. The van der Waals surface area contributed by atoms with Gasteiger partial charge < -0.3 is 19.5 Å². The van der Waals surface area contributed by atoms with Gasteiger partial charge in [-0.1, -0.05) is 12.5 Å². The molecule has 1 amide bonds. The minimum Gasteiger partial charge on any atom is -0.458 e. The summed E-state index contributed by atoms with van der Waals surface area (Å²) in [5.41, 5.74) is -1.09. The maximum atomic E-state index is 13.1. The van der Waals surface area contributed by atoms with Gasteiger partial charge in [0.25, 0.3) is 0 Å². The maximum Gasteiger partial charge on any atom is 0.408 e. The number of alkyl carbamates (subject to hydrolysis) is 1. The van der Waals surface area contributed by atoms with Crippen molar-refractivity contribution < 1.29 is 33.0 Å². The molecule has 0 saturated heterocycles. The highest BCUT2D eigenvalue weighted by molar-refractivity contribution is 5.83. The third-order valence-electron chi connectivity index (χ3n) is 5.01. The zero-order valence-electron chi connectivity index (χ0n) is 21.5. The minimum absolute atomic E-state index is 0.0800. The highest BCUT2D eigenvalue weighted by Gasteiger charge is 2.36. The highest BCUT2D eigenvalue weighted by atomic mass is 19.1. The number of rotatable bonds is 11. The van der Waals surface area contributed by atoms with Gasteiger partial charge in [0.1, 0.15) is 22.8 Å². The van der Waals surface area contributed by atoms with E-state index in [9.17, 15) is 18.8 Å². The Labute approximate surface area is 197 Å². The van der Waals surface area contributed by atoms with E-state index in [0.717, 1.165) is 12.8 Å². The average molecular weight is 472 g/mol. The first-order valence-corrected chi connectivity index (χ1v) is 11.8. The molecule has 3 unspecified atom stereocenters. The third kappa shape index (κ3) is 12.1. The van der Waals surface area contributed by atoms with Gasteiger partial charge in [0, 0.05) is 0 Å². The lowest BCUT2D eigenvalue weighted by molar-refractivity contribution is -0.162. The summed E-state index contributed by atoms with van der Waals surface area (Å²) in [6.07, 6.45) is 4.00. The summed E-state index contributed by atoms with van der Waals surface area (Å²) in [7, 11) is 0. The van der Waals surface area contributed by atoms with E-state index in [-0.39, 0.29) is 19.3 Å². The van der Waals surface area contributed by atoms with Gasteiger partial charge in [0.05, 0.1) is 12.6 Å². The summed E-state index contributed by atoms with van der Waals surface area (Å²) in [5, 5.41) is 2.53. The van der Waals surface area contributed by atoms with Crippen LogP contribution in [0.5, 0.6) is 0 Å². The van der Waals surface area contributed by atoms with Crippen molar-refractivity contribution in [3.63, 3.8) is 0 Å². The van der Waals surface area contributed by atoms with Crippen LogP contribution in [0.3, 0.4) is 0 Å². The lowest BCUT2D eigenvalue weighted by atomic mass is 9.94. The average Bonchev–Trinajstić information content (AvgIpc) is 3.44. The van der Waals surface area contributed by atoms with E-state index in [1.54, 1.807) is 41.5 Å². The van der Waals surface area contributed by atoms with Gasteiger partial charge >= 0.3 is 18.0 Å².